The highest BCUT2D eigenvalue weighted by atomic mass is 35.5. The first-order valence-electron chi connectivity index (χ1n) is 9.93. The molecule has 0 saturated heterocycles. The minimum absolute atomic E-state index is 0.125. The van der Waals surface area contributed by atoms with Crippen LogP contribution in [0, 0.1) is 0 Å². The highest BCUT2D eigenvalue weighted by Crippen LogP contribution is 2.25. The highest BCUT2D eigenvalue weighted by Gasteiger charge is 2.13. The van der Waals surface area contributed by atoms with Crippen LogP contribution in [0.4, 0.5) is 5.69 Å². The topological polar surface area (TPSA) is 69.0 Å². The first-order chi connectivity index (χ1) is 15.6. The van der Waals surface area contributed by atoms with E-state index in [1.165, 1.54) is 11.8 Å². The van der Waals surface area contributed by atoms with Gasteiger partial charge in [0.2, 0.25) is 5.91 Å². The van der Waals surface area contributed by atoms with Gasteiger partial charge in [-0.3, -0.25) is 4.79 Å². The Balaban J connectivity index is 1.29. The Hall–Kier alpha value is -3.29. The zero-order chi connectivity index (χ0) is 22.3. The summed E-state index contributed by atoms with van der Waals surface area (Å²) in [6, 6.07) is 24.7. The molecule has 4 rings (SSSR count). The van der Waals surface area contributed by atoms with Crippen LogP contribution in [0.15, 0.2) is 84.0 Å². The van der Waals surface area contributed by atoms with Crippen LogP contribution in [0.25, 0.3) is 11.4 Å². The van der Waals surface area contributed by atoms with Crippen molar-refractivity contribution in [3.8, 4) is 17.1 Å². The van der Waals surface area contributed by atoms with Crippen molar-refractivity contribution in [2.24, 2.45) is 7.05 Å². The number of hydrogen-bond acceptors (Lipinski definition) is 5. The Bertz CT molecular complexity index is 1200. The van der Waals surface area contributed by atoms with Crippen molar-refractivity contribution < 1.29 is 9.53 Å². The average molecular weight is 465 g/mol. The summed E-state index contributed by atoms with van der Waals surface area (Å²) in [6.07, 6.45) is 0. The van der Waals surface area contributed by atoms with Gasteiger partial charge in [0.15, 0.2) is 11.0 Å². The Morgan fingerprint density at radius 2 is 1.81 bits per heavy atom. The van der Waals surface area contributed by atoms with E-state index in [0.717, 1.165) is 16.9 Å². The fourth-order valence-electron chi connectivity index (χ4n) is 3.02. The van der Waals surface area contributed by atoms with Crippen molar-refractivity contribution in [3.05, 3.63) is 89.4 Å². The molecule has 0 spiro atoms. The van der Waals surface area contributed by atoms with Gasteiger partial charge in [-0.25, -0.2) is 0 Å². The number of anilines is 1. The zero-order valence-electron chi connectivity index (χ0n) is 17.4. The second-order valence-electron chi connectivity index (χ2n) is 7.01. The molecule has 0 aliphatic carbocycles. The molecule has 0 aliphatic rings. The fourth-order valence-corrected chi connectivity index (χ4v) is 3.92. The largest absolute Gasteiger partial charge is 0.489 e. The normalized spacial score (nSPS) is 10.7. The molecule has 0 bridgehead atoms. The molecular weight excluding hydrogens is 444 g/mol. The van der Waals surface area contributed by atoms with E-state index >= 15 is 0 Å². The molecule has 3 aromatic carbocycles. The number of thioether (sulfide) groups is 1. The lowest BCUT2D eigenvalue weighted by Crippen LogP contribution is -2.14. The Morgan fingerprint density at radius 3 is 2.56 bits per heavy atom. The maximum absolute atomic E-state index is 12.4. The van der Waals surface area contributed by atoms with Crippen LogP contribution in [0.5, 0.6) is 5.75 Å². The smallest absolute Gasteiger partial charge is 0.234 e. The average Bonchev–Trinajstić information content (AvgIpc) is 3.18. The molecule has 1 amide bonds. The number of rotatable bonds is 8. The first-order valence-corrected chi connectivity index (χ1v) is 11.3. The van der Waals surface area contributed by atoms with Gasteiger partial charge >= 0.3 is 0 Å². The van der Waals surface area contributed by atoms with Crippen molar-refractivity contribution in [1.82, 2.24) is 14.8 Å². The number of benzene rings is 3. The summed E-state index contributed by atoms with van der Waals surface area (Å²) >= 11 is 7.39. The van der Waals surface area contributed by atoms with Crippen LogP contribution >= 0.6 is 23.4 Å². The molecule has 32 heavy (non-hydrogen) atoms. The van der Waals surface area contributed by atoms with E-state index in [-0.39, 0.29) is 11.7 Å². The number of amides is 1. The van der Waals surface area contributed by atoms with Gasteiger partial charge in [-0.2, -0.15) is 0 Å². The number of hydrogen-bond donors (Lipinski definition) is 1. The van der Waals surface area contributed by atoms with Crippen molar-refractivity contribution in [2.45, 2.75) is 11.8 Å². The predicted molar refractivity (Wildman–Crippen MR) is 128 cm³/mol. The third-order valence-electron chi connectivity index (χ3n) is 4.64. The lowest BCUT2D eigenvalue weighted by atomic mass is 10.2. The molecule has 162 valence electrons. The van der Waals surface area contributed by atoms with Gasteiger partial charge in [0.05, 0.1) is 5.75 Å². The van der Waals surface area contributed by atoms with E-state index in [4.69, 9.17) is 16.3 Å². The number of carbonyl (C=O) groups is 1. The molecule has 8 heteroatoms. The van der Waals surface area contributed by atoms with Crippen molar-refractivity contribution in [2.75, 3.05) is 11.1 Å². The maximum atomic E-state index is 12.4. The summed E-state index contributed by atoms with van der Waals surface area (Å²) < 4.78 is 7.62. The number of nitrogens with one attached hydrogen (secondary N) is 1. The van der Waals surface area contributed by atoms with Crippen LogP contribution in [0.1, 0.15) is 5.56 Å². The fraction of sp³-hybridized carbons (Fsp3) is 0.125. The first kappa shape index (κ1) is 21.9. The number of ether oxygens (including phenoxy) is 1. The van der Waals surface area contributed by atoms with Crippen molar-refractivity contribution >= 4 is 35.0 Å². The zero-order valence-corrected chi connectivity index (χ0v) is 18.9. The Kier molecular flexibility index (Phi) is 7.09. The Morgan fingerprint density at radius 1 is 1.03 bits per heavy atom. The van der Waals surface area contributed by atoms with Gasteiger partial charge in [-0.15, -0.1) is 10.2 Å². The maximum Gasteiger partial charge on any atom is 0.234 e. The van der Waals surface area contributed by atoms with Crippen LogP contribution in [-0.4, -0.2) is 26.4 Å². The summed E-state index contributed by atoms with van der Waals surface area (Å²) in [4.78, 5) is 12.4. The number of nitrogens with zero attached hydrogens (tertiary/aromatic N) is 3. The van der Waals surface area contributed by atoms with Gasteiger partial charge in [-0.05, 0) is 42.0 Å². The van der Waals surface area contributed by atoms with Crippen LogP contribution in [0.2, 0.25) is 5.02 Å². The lowest BCUT2D eigenvalue weighted by Gasteiger charge is -2.08. The van der Waals surface area contributed by atoms with E-state index in [1.807, 2.05) is 90.5 Å². The van der Waals surface area contributed by atoms with Crippen LogP contribution in [-0.2, 0) is 18.4 Å². The molecular formula is C24H21ClN4O2S. The quantitative estimate of drug-likeness (QED) is 0.351. The van der Waals surface area contributed by atoms with Crippen molar-refractivity contribution in [1.29, 1.82) is 0 Å². The summed E-state index contributed by atoms with van der Waals surface area (Å²) in [5.74, 6) is 1.53. The minimum atomic E-state index is -0.125. The minimum Gasteiger partial charge on any atom is -0.489 e. The third-order valence-corrected chi connectivity index (χ3v) is 5.89. The third kappa shape index (κ3) is 5.69. The SMILES string of the molecule is Cn1c(SCC(=O)Nc2ccc(OCc3ccccc3)cc2)nnc1-c1cccc(Cl)c1. The molecule has 0 atom stereocenters. The summed E-state index contributed by atoms with van der Waals surface area (Å²) in [7, 11) is 1.87. The molecule has 0 unspecified atom stereocenters. The molecule has 4 aromatic rings. The predicted octanol–water partition coefficient (Wildman–Crippen LogP) is 5.45. The molecule has 6 nitrogen and oxygen atoms in total. The standard InChI is InChI=1S/C24H21ClN4O2S/c1-29-23(18-8-5-9-19(25)14-18)27-28-24(29)32-16-22(30)26-20-10-12-21(13-11-20)31-15-17-6-3-2-4-7-17/h2-14H,15-16H2,1H3,(H,26,30). The molecule has 0 saturated carbocycles. The summed E-state index contributed by atoms with van der Waals surface area (Å²) in [5.41, 5.74) is 2.68. The monoisotopic (exact) mass is 464 g/mol. The van der Waals surface area contributed by atoms with Gasteiger partial charge in [0, 0.05) is 23.3 Å². The molecule has 0 radical (unpaired) electrons. The lowest BCUT2D eigenvalue weighted by molar-refractivity contribution is -0.113. The number of halogens is 1. The van der Waals surface area contributed by atoms with E-state index in [2.05, 4.69) is 15.5 Å². The van der Waals surface area contributed by atoms with Crippen molar-refractivity contribution in [3.63, 3.8) is 0 Å². The molecule has 1 N–H and O–H groups in total. The van der Waals surface area contributed by atoms with Crippen LogP contribution in [0.3, 0.4) is 0 Å². The van der Waals surface area contributed by atoms with E-state index in [9.17, 15) is 4.79 Å². The highest BCUT2D eigenvalue weighted by molar-refractivity contribution is 7.99. The second-order valence-corrected chi connectivity index (χ2v) is 8.39. The molecule has 0 aliphatic heterocycles. The van der Waals surface area contributed by atoms with E-state index in [0.29, 0.717) is 28.3 Å². The summed E-state index contributed by atoms with van der Waals surface area (Å²) in [5, 5.41) is 12.6. The van der Waals surface area contributed by atoms with Gasteiger partial charge < -0.3 is 14.6 Å². The van der Waals surface area contributed by atoms with E-state index < -0.39 is 0 Å². The summed E-state index contributed by atoms with van der Waals surface area (Å²) in [6.45, 7) is 0.498. The molecule has 0 fully saturated rings. The van der Waals surface area contributed by atoms with Gasteiger partial charge in [-0.1, -0.05) is 65.8 Å². The van der Waals surface area contributed by atoms with Gasteiger partial charge in [0.25, 0.3) is 0 Å². The molecule has 1 aromatic heterocycles. The number of carbonyl (C=O) groups excluding carboxylic acids is 1. The van der Waals surface area contributed by atoms with Crippen LogP contribution < -0.4 is 10.1 Å². The molecule has 1 heterocycles. The van der Waals surface area contributed by atoms with E-state index in [1.54, 1.807) is 0 Å². The second kappa shape index (κ2) is 10.3. The Labute approximate surface area is 195 Å². The van der Waals surface area contributed by atoms with Gasteiger partial charge in [0.1, 0.15) is 12.4 Å². The number of aromatic nitrogens is 3.